The van der Waals surface area contributed by atoms with E-state index in [0.29, 0.717) is 15.8 Å². The first-order valence-electron chi connectivity index (χ1n) is 9.40. The third-order valence-corrected chi connectivity index (χ3v) is 7.56. The monoisotopic (exact) mass is 484 g/mol. The fourth-order valence-electron chi connectivity index (χ4n) is 3.16. The van der Waals surface area contributed by atoms with Crippen LogP contribution in [0.25, 0.3) is 6.08 Å². The highest BCUT2D eigenvalue weighted by Gasteiger charge is 2.32. The van der Waals surface area contributed by atoms with Crippen LogP contribution in [0.1, 0.15) is 5.56 Å². The second kappa shape index (κ2) is 9.91. The number of amides is 1. The Morgan fingerprint density at radius 1 is 0.968 bits per heavy atom. The molecule has 1 heterocycles. The first kappa shape index (κ1) is 23.4. The molecule has 1 aliphatic rings. The van der Waals surface area contributed by atoms with Crippen molar-refractivity contribution in [1.29, 1.82) is 0 Å². The summed E-state index contributed by atoms with van der Waals surface area (Å²) < 4.78 is 38.0. The molecular weight excluding hydrogens is 463 g/mol. The highest BCUT2D eigenvalue weighted by Crippen LogP contribution is 2.31. The van der Waals surface area contributed by atoms with E-state index < -0.39 is 10.0 Å². The number of benzene rings is 2. The van der Waals surface area contributed by atoms with Crippen molar-refractivity contribution in [3.63, 3.8) is 0 Å². The van der Waals surface area contributed by atoms with Gasteiger partial charge in [0.1, 0.15) is 16.4 Å². The number of sulfonamides is 1. The van der Waals surface area contributed by atoms with Gasteiger partial charge < -0.3 is 14.4 Å². The molecule has 0 N–H and O–H groups in total. The summed E-state index contributed by atoms with van der Waals surface area (Å²) in [4.78, 5) is 14.1. The largest absolute Gasteiger partial charge is 0.497 e. The lowest BCUT2D eigenvalue weighted by Gasteiger charge is -2.33. The molecule has 0 bridgehead atoms. The summed E-state index contributed by atoms with van der Waals surface area (Å²) >= 11 is 11.9. The van der Waals surface area contributed by atoms with E-state index in [-0.39, 0.29) is 42.7 Å². The van der Waals surface area contributed by atoms with Gasteiger partial charge in [0.25, 0.3) is 0 Å². The van der Waals surface area contributed by atoms with E-state index in [1.54, 1.807) is 41.3 Å². The van der Waals surface area contributed by atoms with Crippen LogP contribution in [0.15, 0.2) is 47.4 Å². The van der Waals surface area contributed by atoms with Crippen LogP contribution in [-0.4, -0.2) is 63.9 Å². The average Bonchev–Trinajstić information content (AvgIpc) is 2.79. The molecule has 0 aromatic heterocycles. The number of carbonyl (C=O) groups excluding carboxylic acids is 1. The molecule has 1 fully saturated rings. The van der Waals surface area contributed by atoms with Gasteiger partial charge in [0, 0.05) is 38.3 Å². The maximum absolute atomic E-state index is 13.1. The van der Waals surface area contributed by atoms with Gasteiger partial charge >= 0.3 is 0 Å². The topological polar surface area (TPSA) is 76.2 Å². The van der Waals surface area contributed by atoms with E-state index in [1.807, 2.05) is 0 Å². The number of hydrogen-bond acceptors (Lipinski definition) is 5. The number of methoxy groups -OCH3 is 2. The van der Waals surface area contributed by atoms with Crippen LogP contribution in [0.4, 0.5) is 0 Å². The zero-order chi connectivity index (χ0) is 22.6. The fraction of sp³-hybridized carbons (Fsp3) is 0.286. The van der Waals surface area contributed by atoms with E-state index in [2.05, 4.69) is 0 Å². The number of piperazine rings is 1. The number of halogens is 2. The van der Waals surface area contributed by atoms with Crippen LogP contribution in [-0.2, 0) is 14.8 Å². The lowest BCUT2D eigenvalue weighted by atomic mass is 10.2. The Balaban J connectivity index is 1.68. The van der Waals surface area contributed by atoms with Crippen molar-refractivity contribution in [2.75, 3.05) is 40.4 Å². The van der Waals surface area contributed by atoms with Gasteiger partial charge in [-0.3, -0.25) is 4.79 Å². The first-order valence-corrected chi connectivity index (χ1v) is 11.6. The Bertz CT molecular complexity index is 1100. The third-order valence-electron chi connectivity index (χ3n) is 4.90. The van der Waals surface area contributed by atoms with E-state index >= 15 is 0 Å². The van der Waals surface area contributed by atoms with Crippen molar-refractivity contribution in [3.05, 3.63) is 58.1 Å². The molecule has 0 aliphatic carbocycles. The standard InChI is InChI=1S/C21H22Cl2N2O5S/c1-29-16-5-7-19(30-2)20(14-16)31(27,28)25-11-9-24(10-12-25)21(26)8-4-15-3-6-17(22)18(23)13-15/h3-8,13-14H,9-12H2,1-2H3/b8-4+. The maximum Gasteiger partial charge on any atom is 0.247 e. The SMILES string of the molecule is COc1ccc(OC)c(S(=O)(=O)N2CCN(C(=O)/C=C/c3ccc(Cl)c(Cl)c3)CC2)c1. The lowest BCUT2D eigenvalue weighted by molar-refractivity contribution is -0.127. The summed E-state index contributed by atoms with van der Waals surface area (Å²) in [6, 6.07) is 9.70. The van der Waals surface area contributed by atoms with Crippen molar-refractivity contribution in [2.24, 2.45) is 0 Å². The molecule has 2 aromatic carbocycles. The Hall–Kier alpha value is -2.26. The highest BCUT2D eigenvalue weighted by atomic mass is 35.5. The predicted molar refractivity (Wildman–Crippen MR) is 120 cm³/mol. The van der Waals surface area contributed by atoms with E-state index in [4.69, 9.17) is 32.7 Å². The second-order valence-electron chi connectivity index (χ2n) is 6.75. The minimum absolute atomic E-state index is 0.0358. The van der Waals surface area contributed by atoms with Crippen LogP contribution < -0.4 is 9.47 Å². The molecule has 10 heteroatoms. The number of rotatable bonds is 6. The molecule has 0 spiro atoms. The molecule has 7 nitrogen and oxygen atoms in total. The number of nitrogens with zero attached hydrogens (tertiary/aromatic N) is 2. The van der Waals surface area contributed by atoms with Crippen LogP contribution >= 0.6 is 23.2 Å². The first-order chi connectivity index (χ1) is 14.8. The summed E-state index contributed by atoms with van der Waals surface area (Å²) in [6.45, 7) is 0.899. The zero-order valence-corrected chi connectivity index (χ0v) is 19.4. The van der Waals surface area contributed by atoms with Crippen LogP contribution in [0.5, 0.6) is 11.5 Å². The Morgan fingerprint density at radius 3 is 2.29 bits per heavy atom. The van der Waals surface area contributed by atoms with Crippen LogP contribution in [0, 0.1) is 0 Å². The molecule has 0 unspecified atom stereocenters. The molecule has 3 rings (SSSR count). The van der Waals surface area contributed by atoms with Gasteiger partial charge in [0.15, 0.2) is 0 Å². The van der Waals surface area contributed by atoms with Gasteiger partial charge in [-0.05, 0) is 35.9 Å². The van der Waals surface area contributed by atoms with Gasteiger partial charge in [-0.15, -0.1) is 0 Å². The summed E-state index contributed by atoms with van der Waals surface area (Å²) in [6.07, 6.45) is 3.09. The summed E-state index contributed by atoms with van der Waals surface area (Å²) in [5, 5.41) is 0.846. The number of ether oxygens (including phenoxy) is 2. The smallest absolute Gasteiger partial charge is 0.247 e. The molecule has 0 atom stereocenters. The molecular formula is C21H22Cl2N2O5S. The fourth-order valence-corrected chi connectivity index (χ4v) is 5.06. The molecule has 166 valence electrons. The van der Waals surface area contributed by atoms with Gasteiger partial charge in [-0.1, -0.05) is 29.3 Å². The lowest BCUT2D eigenvalue weighted by Crippen LogP contribution is -2.50. The van der Waals surface area contributed by atoms with Crippen molar-refractivity contribution in [2.45, 2.75) is 4.90 Å². The van der Waals surface area contributed by atoms with E-state index in [0.717, 1.165) is 5.56 Å². The Kier molecular flexibility index (Phi) is 7.48. The third kappa shape index (κ3) is 5.33. The summed E-state index contributed by atoms with van der Waals surface area (Å²) in [5.41, 5.74) is 0.745. The van der Waals surface area contributed by atoms with Crippen LogP contribution in [0.3, 0.4) is 0 Å². The van der Waals surface area contributed by atoms with E-state index in [1.165, 1.54) is 30.7 Å². The van der Waals surface area contributed by atoms with Crippen molar-refractivity contribution >= 4 is 45.2 Å². The normalized spacial score (nSPS) is 15.3. The second-order valence-corrected chi connectivity index (χ2v) is 9.47. The number of carbonyl (C=O) groups is 1. The van der Waals surface area contributed by atoms with Crippen molar-refractivity contribution in [1.82, 2.24) is 9.21 Å². The Morgan fingerprint density at radius 2 is 1.68 bits per heavy atom. The minimum Gasteiger partial charge on any atom is -0.497 e. The summed E-state index contributed by atoms with van der Waals surface area (Å²) in [7, 11) is -0.925. The molecule has 1 amide bonds. The van der Waals surface area contributed by atoms with Gasteiger partial charge in [0.2, 0.25) is 15.9 Å². The van der Waals surface area contributed by atoms with E-state index in [9.17, 15) is 13.2 Å². The van der Waals surface area contributed by atoms with Crippen LogP contribution in [0.2, 0.25) is 10.0 Å². The molecule has 31 heavy (non-hydrogen) atoms. The van der Waals surface area contributed by atoms with Crippen molar-refractivity contribution < 1.29 is 22.7 Å². The molecule has 1 saturated heterocycles. The molecule has 0 radical (unpaired) electrons. The quantitative estimate of drug-likeness (QED) is 0.585. The number of hydrogen-bond donors (Lipinski definition) is 0. The Labute approximate surface area is 191 Å². The molecule has 2 aromatic rings. The minimum atomic E-state index is -3.81. The maximum atomic E-state index is 13.1. The van der Waals surface area contributed by atoms with Crippen molar-refractivity contribution in [3.8, 4) is 11.5 Å². The predicted octanol–water partition coefficient (Wildman–Crippen LogP) is 3.56. The van der Waals surface area contributed by atoms with Gasteiger partial charge in [-0.2, -0.15) is 4.31 Å². The average molecular weight is 485 g/mol. The van der Waals surface area contributed by atoms with Gasteiger partial charge in [-0.25, -0.2) is 8.42 Å². The van der Waals surface area contributed by atoms with Gasteiger partial charge in [0.05, 0.1) is 24.3 Å². The molecule has 0 saturated carbocycles. The summed E-state index contributed by atoms with van der Waals surface area (Å²) in [5.74, 6) is 0.451. The molecule has 1 aliphatic heterocycles. The highest BCUT2D eigenvalue weighted by molar-refractivity contribution is 7.89. The zero-order valence-electron chi connectivity index (χ0n) is 17.0.